The van der Waals surface area contributed by atoms with Gasteiger partial charge in [0.05, 0.1) is 13.1 Å². The molecular formula is C17H24N2O2. The van der Waals surface area contributed by atoms with E-state index in [2.05, 4.69) is 0 Å². The van der Waals surface area contributed by atoms with Gasteiger partial charge >= 0.3 is 0 Å². The van der Waals surface area contributed by atoms with Gasteiger partial charge in [-0.2, -0.15) is 0 Å². The number of benzene rings is 1. The van der Waals surface area contributed by atoms with Crippen molar-refractivity contribution in [1.82, 2.24) is 4.90 Å². The number of anilines is 1. The van der Waals surface area contributed by atoms with Crippen LogP contribution >= 0.6 is 0 Å². The van der Waals surface area contributed by atoms with E-state index >= 15 is 0 Å². The van der Waals surface area contributed by atoms with Gasteiger partial charge in [-0.05, 0) is 29.7 Å². The van der Waals surface area contributed by atoms with E-state index in [1.54, 1.807) is 11.0 Å². The predicted molar refractivity (Wildman–Crippen MR) is 86.2 cm³/mol. The predicted octanol–water partition coefficient (Wildman–Crippen LogP) is 2.00. The molecule has 114 valence electrons. The molecule has 0 saturated carbocycles. The number of hydrogen-bond acceptors (Lipinski definition) is 3. The van der Waals surface area contributed by atoms with Crippen LogP contribution in [0.2, 0.25) is 0 Å². The zero-order chi connectivity index (χ0) is 15.6. The van der Waals surface area contributed by atoms with Gasteiger partial charge in [0.2, 0.25) is 5.91 Å². The summed E-state index contributed by atoms with van der Waals surface area (Å²) in [4.78, 5) is 15.7. The first-order valence-corrected chi connectivity index (χ1v) is 7.28. The van der Waals surface area contributed by atoms with Gasteiger partial charge in [-0.25, -0.2) is 0 Å². The van der Waals surface area contributed by atoms with Crippen LogP contribution in [-0.2, 0) is 4.79 Å². The van der Waals surface area contributed by atoms with Crippen molar-refractivity contribution in [1.29, 1.82) is 0 Å². The highest BCUT2D eigenvalue weighted by Crippen LogP contribution is 2.28. The molecular weight excluding hydrogens is 264 g/mol. The summed E-state index contributed by atoms with van der Waals surface area (Å²) in [6.07, 6.45) is 3.39. The monoisotopic (exact) mass is 288 g/mol. The number of carbonyl (C=O) groups excluding carboxylic acids is 1. The fraction of sp³-hybridized carbons (Fsp3) is 0.471. The van der Waals surface area contributed by atoms with Gasteiger partial charge in [0.15, 0.2) is 0 Å². The highest BCUT2D eigenvalue weighted by molar-refractivity contribution is 5.92. The molecule has 0 radical (unpaired) electrons. The van der Waals surface area contributed by atoms with Crippen LogP contribution in [0.25, 0.3) is 6.08 Å². The molecule has 1 N–H and O–H groups in total. The Labute approximate surface area is 126 Å². The van der Waals surface area contributed by atoms with Gasteiger partial charge in [0.1, 0.15) is 5.60 Å². The van der Waals surface area contributed by atoms with E-state index < -0.39 is 5.60 Å². The summed E-state index contributed by atoms with van der Waals surface area (Å²) in [6.45, 7) is 4.80. The average Bonchev–Trinajstić information content (AvgIpc) is 2.41. The number of aliphatic hydroxyl groups is 1. The van der Waals surface area contributed by atoms with E-state index in [-0.39, 0.29) is 11.8 Å². The third kappa shape index (κ3) is 3.45. The molecule has 1 aromatic carbocycles. The van der Waals surface area contributed by atoms with Crippen LogP contribution in [-0.4, -0.2) is 48.7 Å². The number of rotatable bonds is 4. The van der Waals surface area contributed by atoms with Gasteiger partial charge in [-0.1, -0.05) is 26.0 Å². The van der Waals surface area contributed by atoms with Crippen LogP contribution in [0.15, 0.2) is 30.3 Å². The van der Waals surface area contributed by atoms with Crippen molar-refractivity contribution in [2.75, 3.05) is 32.1 Å². The first-order chi connectivity index (χ1) is 9.82. The molecule has 0 aliphatic carbocycles. The zero-order valence-corrected chi connectivity index (χ0v) is 13.2. The van der Waals surface area contributed by atoms with E-state index in [9.17, 15) is 9.90 Å². The number of carbonyl (C=O) groups is 1. The third-order valence-corrected chi connectivity index (χ3v) is 4.14. The van der Waals surface area contributed by atoms with Crippen LogP contribution in [0.5, 0.6) is 0 Å². The Hall–Kier alpha value is -1.81. The normalized spacial score (nSPS) is 17.1. The molecule has 2 rings (SSSR count). The van der Waals surface area contributed by atoms with Gasteiger partial charge in [-0.3, -0.25) is 4.79 Å². The lowest BCUT2D eigenvalue weighted by molar-refractivity contribution is -0.158. The average molecular weight is 288 g/mol. The molecule has 4 nitrogen and oxygen atoms in total. The topological polar surface area (TPSA) is 43.8 Å². The van der Waals surface area contributed by atoms with Crippen molar-refractivity contribution in [2.45, 2.75) is 19.4 Å². The molecule has 0 spiro atoms. The Morgan fingerprint density at radius 1 is 1.29 bits per heavy atom. The summed E-state index contributed by atoms with van der Waals surface area (Å²) >= 11 is 0. The van der Waals surface area contributed by atoms with Crippen molar-refractivity contribution in [3.05, 3.63) is 35.9 Å². The van der Waals surface area contributed by atoms with Gasteiger partial charge in [0.25, 0.3) is 0 Å². The molecule has 21 heavy (non-hydrogen) atoms. The number of likely N-dealkylation sites (tertiary alicyclic amines) is 1. The summed E-state index contributed by atoms with van der Waals surface area (Å²) in [5, 5.41) is 10.2. The second-order valence-electron chi connectivity index (χ2n) is 6.27. The Bertz CT molecular complexity index is 526. The molecule has 1 aliphatic rings. The number of nitrogens with zero attached hydrogens (tertiary/aromatic N) is 2. The van der Waals surface area contributed by atoms with Crippen molar-refractivity contribution in [3.8, 4) is 0 Å². The molecule has 1 aliphatic heterocycles. The molecule has 0 atom stereocenters. The fourth-order valence-electron chi connectivity index (χ4n) is 2.29. The fourth-order valence-corrected chi connectivity index (χ4v) is 2.29. The maximum atomic E-state index is 12.0. The minimum atomic E-state index is -0.711. The Morgan fingerprint density at radius 3 is 2.33 bits per heavy atom. The van der Waals surface area contributed by atoms with E-state index in [1.807, 2.05) is 63.2 Å². The number of amides is 1. The summed E-state index contributed by atoms with van der Waals surface area (Å²) in [5.41, 5.74) is 1.41. The second-order valence-corrected chi connectivity index (χ2v) is 6.27. The van der Waals surface area contributed by atoms with Gasteiger partial charge in [-0.15, -0.1) is 0 Å². The lowest BCUT2D eigenvalue weighted by atomic mass is 9.83. The highest BCUT2D eigenvalue weighted by atomic mass is 16.3. The van der Waals surface area contributed by atoms with Gasteiger partial charge in [0, 0.05) is 25.9 Å². The largest absolute Gasteiger partial charge is 0.386 e. The van der Waals surface area contributed by atoms with Crippen LogP contribution in [0, 0.1) is 5.92 Å². The Kier molecular flexibility index (Phi) is 4.37. The molecule has 1 heterocycles. The van der Waals surface area contributed by atoms with Crippen LogP contribution < -0.4 is 4.90 Å². The molecule has 0 bridgehead atoms. The Morgan fingerprint density at radius 2 is 1.86 bits per heavy atom. The smallest absolute Gasteiger partial charge is 0.246 e. The molecule has 1 fully saturated rings. The lowest BCUT2D eigenvalue weighted by Gasteiger charge is -2.48. The summed E-state index contributed by atoms with van der Waals surface area (Å²) in [5.74, 6) is 0.126. The van der Waals surface area contributed by atoms with Crippen LogP contribution in [0.4, 0.5) is 5.69 Å². The molecule has 0 unspecified atom stereocenters. The maximum Gasteiger partial charge on any atom is 0.246 e. The summed E-state index contributed by atoms with van der Waals surface area (Å²) < 4.78 is 0. The SMILES string of the molecule is CC(C)C1(O)CN(C(=O)C=Cc2ccc(N(C)C)cc2)C1. The van der Waals surface area contributed by atoms with Crippen LogP contribution in [0.1, 0.15) is 19.4 Å². The van der Waals surface area contributed by atoms with Crippen molar-refractivity contribution in [2.24, 2.45) is 5.92 Å². The lowest BCUT2D eigenvalue weighted by Crippen LogP contribution is -2.65. The van der Waals surface area contributed by atoms with Crippen molar-refractivity contribution < 1.29 is 9.90 Å². The first kappa shape index (κ1) is 15.6. The molecule has 1 saturated heterocycles. The molecule has 1 aromatic rings. The van der Waals surface area contributed by atoms with E-state index in [1.165, 1.54) is 0 Å². The molecule has 4 heteroatoms. The summed E-state index contributed by atoms with van der Waals surface area (Å²) in [7, 11) is 3.99. The number of β-amino-alcohol motifs (C(OH)–C–C–N with tert-alkyl or cyclic N) is 1. The highest BCUT2D eigenvalue weighted by Gasteiger charge is 2.45. The van der Waals surface area contributed by atoms with E-state index in [0.717, 1.165) is 11.3 Å². The van der Waals surface area contributed by atoms with Crippen molar-refractivity contribution in [3.63, 3.8) is 0 Å². The standard InChI is InChI=1S/C17H24N2O2/c1-13(2)17(21)11-19(12-17)16(20)10-7-14-5-8-15(9-6-14)18(3)4/h5-10,13,21H,11-12H2,1-4H3. The second kappa shape index (κ2) is 5.90. The van der Waals surface area contributed by atoms with Gasteiger partial charge < -0.3 is 14.9 Å². The molecule has 1 amide bonds. The van der Waals surface area contributed by atoms with E-state index in [0.29, 0.717) is 13.1 Å². The minimum absolute atomic E-state index is 0.0444. The van der Waals surface area contributed by atoms with Crippen molar-refractivity contribution >= 4 is 17.7 Å². The Balaban J connectivity index is 1.91. The van der Waals surface area contributed by atoms with E-state index in [4.69, 9.17) is 0 Å². The summed E-state index contributed by atoms with van der Waals surface area (Å²) in [6, 6.07) is 8.01. The number of hydrogen-bond donors (Lipinski definition) is 1. The third-order valence-electron chi connectivity index (χ3n) is 4.14. The maximum absolute atomic E-state index is 12.0. The quantitative estimate of drug-likeness (QED) is 0.862. The molecule has 0 aromatic heterocycles. The zero-order valence-electron chi connectivity index (χ0n) is 13.2. The van der Waals surface area contributed by atoms with Crippen LogP contribution in [0.3, 0.4) is 0 Å². The first-order valence-electron chi connectivity index (χ1n) is 7.28. The minimum Gasteiger partial charge on any atom is -0.386 e.